The van der Waals surface area contributed by atoms with Gasteiger partial charge in [-0.05, 0) is 32.8 Å². The normalized spacial score (nSPS) is 25.8. The van der Waals surface area contributed by atoms with E-state index in [4.69, 9.17) is 4.74 Å². The van der Waals surface area contributed by atoms with E-state index < -0.39 is 12.0 Å². The molecule has 6 nitrogen and oxygen atoms in total. The van der Waals surface area contributed by atoms with Crippen molar-refractivity contribution in [2.75, 3.05) is 18.2 Å². The first-order valence-corrected chi connectivity index (χ1v) is 9.54. The molecule has 0 aromatic carbocycles. The van der Waals surface area contributed by atoms with Gasteiger partial charge in [-0.1, -0.05) is 0 Å². The molecule has 0 saturated carbocycles. The smallest absolute Gasteiger partial charge is 0.341 e. The van der Waals surface area contributed by atoms with Crippen molar-refractivity contribution in [3.63, 3.8) is 0 Å². The molecule has 3 rings (SSSR count). The second kappa shape index (κ2) is 6.07. The van der Waals surface area contributed by atoms with Gasteiger partial charge in [0.25, 0.3) is 0 Å². The Balaban J connectivity index is 1.85. The summed E-state index contributed by atoms with van der Waals surface area (Å²) in [7, 11) is 1.32. The van der Waals surface area contributed by atoms with Crippen molar-refractivity contribution in [2.45, 2.75) is 44.5 Å². The molecule has 0 radical (unpaired) electrons. The van der Waals surface area contributed by atoms with Gasteiger partial charge >= 0.3 is 5.97 Å². The molecule has 1 N–H and O–H groups in total. The summed E-state index contributed by atoms with van der Waals surface area (Å²) in [6, 6.07) is -0.497. The zero-order chi connectivity index (χ0) is 17.6. The van der Waals surface area contributed by atoms with Crippen LogP contribution >= 0.6 is 23.1 Å². The van der Waals surface area contributed by atoms with Gasteiger partial charge in [-0.3, -0.25) is 9.59 Å². The quantitative estimate of drug-likeness (QED) is 0.830. The van der Waals surface area contributed by atoms with Crippen LogP contribution in [0.15, 0.2) is 0 Å². The Hall–Kier alpha value is -1.54. The lowest BCUT2D eigenvalue weighted by molar-refractivity contribution is -0.135. The van der Waals surface area contributed by atoms with Crippen molar-refractivity contribution in [3.05, 3.63) is 16.0 Å². The topological polar surface area (TPSA) is 75.7 Å². The Labute approximate surface area is 148 Å². The summed E-state index contributed by atoms with van der Waals surface area (Å²) in [6.45, 7) is 5.74. The monoisotopic (exact) mass is 368 g/mol. The van der Waals surface area contributed by atoms with Crippen LogP contribution in [0.4, 0.5) is 5.00 Å². The SMILES string of the molecule is COC(=O)c1c(NC(=O)[C@@H]2CS[C@@]3(C)CCC(=O)N23)sc(C)c1C. The molecule has 24 heavy (non-hydrogen) atoms. The zero-order valence-corrected chi connectivity index (χ0v) is 15.7. The summed E-state index contributed by atoms with van der Waals surface area (Å²) in [4.78, 5) is 39.3. The molecule has 0 bridgehead atoms. The van der Waals surface area contributed by atoms with E-state index in [0.29, 0.717) is 22.7 Å². The standard InChI is InChI=1S/C16H20N2O4S2/c1-8-9(2)24-14(12(8)15(21)22-4)17-13(20)10-7-23-16(3)6-5-11(19)18(10)16/h10H,5-7H2,1-4H3,(H,17,20)/t10-,16-/m0/s1. The van der Waals surface area contributed by atoms with Gasteiger partial charge in [0, 0.05) is 17.1 Å². The Morgan fingerprint density at radius 3 is 2.75 bits per heavy atom. The molecule has 2 fully saturated rings. The van der Waals surface area contributed by atoms with E-state index in [-0.39, 0.29) is 16.7 Å². The second-order valence-electron chi connectivity index (χ2n) is 6.23. The van der Waals surface area contributed by atoms with E-state index in [9.17, 15) is 14.4 Å². The number of aryl methyl sites for hydroxylation is 1. The number of nitrogens with one attached hydrogen (secondary N) is 1. The minimum absolute atomic E-state index is 0.0226. The summed E-state index contributed by atoms with van der Waals surface area (Å²) in [6.07, 6.45) is 1.25. The van der Waals surface area contributed by atoms with E-state index in [1.807, 2.05) is 20.8 Å². The summed E-state index contributed by atoms with van der Waals surface area (Å²) in [5.74, 6) is -0.109. The van der Waals surface area contributed by atoms with Gasteiger partial charge in [0.15, 0.2) is 0 Å². The maximum atomic E-state index is 12.8. The molecule has 3 heterocycles. The number of amides is 2. The van der Waals surface area contributed by atoms with Crippen LogP contribution in [0.25, 0.3) is 0 Å². The largest absolute Gasteiger partial charge is 0.465 e. The summed E-state index contributed by atoms with van der Waals surface area (Å²) in [5, 5.41) is 3.34. The van der Waals surface area contributed by atoms with Crippen LogP contribution in [0.2, 0.25) is 0 Å². The van der Waals surface area contributed by atoms with Gasteiger partial charge in [-0.15, -0.1) is 23.1 Å². The third kappa shape index (κ3) is 2.61. The number of esters is 1. The van der Waals surface area contributed by atoms with Crippen molar-refractivity contribution >= 4 is 45.9 Å². The lowest BCUT2D eigenvalue weighted by Crippen LogP contribution is -2.48. The number of rotatable bonds is 3. The maximum Gasteiger partial charge on any atom is 0.341 e. The molecule has 2 aliphatic rings. The predicted molar refractivity (Wildman–Crippen MR) is 94.5 cm³/mol. The highest BCUT2D eigenvalue weighted by atomic mass is 32.2. The fourth-order valence-corrected chi connectivity index (χ4v) is 5.76. The number of thiophene rings is 1. The van der Waals surface area contributed by atoms with E-state index in [1.165, 1.54) is 18.4 Å². The zero-order valence-electron chi connectivity index (χ0n) is 14.1. The molecular formula is C16H20N2O4S2. The average molecular weight is 368 g/mol. The van der Waals surface area contributed by atoms with E-state index in [0.717, 1.165) is 16.9 Å². The number of hydrogen-bond donors (Lipinski definition) is 1. The van der Waals surface area contributed by atoms with Crippen molar-refractivity contribution in [1.82, 2.24) is 4.90 Å². The van der Waals surface area contributed by atoms with Crippen LogP contribution in [0, 0.1) is 13.8 Å². The molecule has 2 atom stereocenters. The number of carbonyl (C=O) groups excluding carboxylic acids is 3. The first kappa shape index (κ1) is 17.3. The number of ether oxygens (including phenoxy) is 1. The molecule has 1 aromatic rings. The van der Waals surface area contributed by atoms with Crippen LogP contribution in [0.3, 0.4) is 0 Å². The first-order chi connectivity index (χ1) is 11.3. The van der Waals surface area contributed by atoms with Gasteiger partial charge < -0.3 is 15.0 Å². The van der Waals surface area contributed by atoms with E-state index in [2.05, 4.69) is 5.32 Å². The number of hydrogen-bond acceptors (Lipinski definition) is 6. The second-order valence-corrected chi connectivity index (χ2v) is 8.96. The molecule has 1 aromatic heterocycles. The summed E-state index contributed by atoms with van der Waals surface area (Å²) < 4.78 is 4.83. The minimum atomic E-state index is -0.497. The number of thioether (sulfide) groups is 1. The molecule has 0 aliphatic carbocycles. The number of methoxy groups -OCH3 is 1. The Morgan fingerprint density at radius 2 is 2.08 bits per heavy atom. The Morgan fingerprint density at radius 1 is 1.38 bits per heavy atom. The third-order valence-corrected chi connectivity index (χ3v) is 7.39. The number of carbonyl (C=O) groups is 3. The summed E-state index contributed by atoms with van der Waals surface area (Å²) >= 11 is 3.00. The van der Waals surface area contributed by atoms with Crippen molar-refractivity contribution in [1.29, 1.82) is 0 Å². The van der Waals surface area contributed by atoms with Gasteiger partial charge in [0.05, 0.1) is 17.5 Å². The number of fused-ring (bicyclic) bond motifs is 1. The van der Waals surface area contributed by atoms with Crippen molar-refractivity contribution < 1.29 is 19.1 Å². The van der Waals surface area contributed by atoms with Gasteiger partial charge in [-0.25, -0.2) is 4.79 Å². The Kier molecular flexibility index (Phi) is 4.37. The number of anilines is 1. The van der Waals surface area contributed by atoms with Crippen LogP contribution in [-0.2, 0) is 14.3 Å². The van der Waals surface area contributed by atoms with Gasteiger partial charge in [-0.2, -0.15) is 0 Å². The lowest BCUT2D eigenvalue weighted by Gasteiger charge is -2.29. The first-order valence-electron chi connectivity index (χ1n) is 7.74. The fourth-order valence-electron chi connectivity index (χ4n) is 3.27. The van der Waals surface area contributed by atoms with Crippen LogP contribution in [-0.4, -0.2) is 46.5 Å². The maximum absolute atomic E-state index is 12.8. The van der Waals surface area contributed by atoms with Crippen molar-refractivity contribution in [2.24, 2.45) is 0 Å². The highest BCUT2D eigenvalue weighted by Gasteiger charge is 2.53. The fraction of sp³-hybridized carbons (Fsp3) is 0.562. The lowest BCUT2D eigenvalue weighted by atomic mass is 10.1. The van der Waals surface area contributed by atoms with Gasteiger partial charge in [0.1, 0.15) is 11.0 Å². The third-order valence-electron chi connectivity index (χ3n) is 4.76. The number of nitrogens with zero attached hydrogens (tertiary/aromatic N) is 1. The van der Waals surface area contributed by atoms with E-state index in [1.54, 1.807) is 16.7 Å². The molecule has 0 unspecified atom stereocenters. The summed E-state index contributed by atoms with van der Waals surface area (Å²) in [5.41, 5.74) is 1.21. The predicted octanol–water partition coefficient (Wildman–Crippen LogP) is 2.54. The molecule has 2 aliphatic heterocycles. The molecule has 2 saturated heterocycles. The molecular weight excluding hydrogens is 348 g/mol. The van der Waals surface area contributed by atoms with Crippen molar-refractivity contribution in [3.8, 4) is 0 Å². The minimum Gasteiger partial charge on any atom is -0.465 e. The van der Waals surface area contributed by atoms with E-state index >= 15 is 0 Å². The Bertz CT molecular complexity index is 730. The van der Waals surface area contributed by atoms with Crippen LogP contribution in [0.5, 0.6) is 0 Å². The van der Waals surface area contributed by atoms with Crippen LogP contribution in [0.1, 0.15) is 40.6 Å². The average Bonchev–Trinajstić information content (AvgIpc) is 3.12. The van der Waals surface area contributed by atoms with Gasteiger partial charge in [0.2, 0.25) is 11.8 Å². The molecule has 2 amide bonds. The highest BCUT2D eigenvalue weighted by molar-refractivity contribution is 8.01. The molecule has 130 valence electrons. The molecule has 8 heteroatoms. The van der Waals surface area contributed by atoms with Crippen LogP contribution < -0.4 is 5.32 Å². The highest BCUT2D eigenvalue weighted by Crippen LogP contribution is 2.47. The molecule has 0 spiro atoms.